The second-order valence-corrected chi connectivity index (χ2v) is 8.95. The number of rotatable bonds is 9. The number of carbonyl (C=O) groups is 5. The number of carbonyl (C=O) groups excluding carboxylic acids is 5. The molecule has 0 aliphatic carbocycles. The second kappa shape index (κ2) is 12.0. The molecular weight excluding hydrogens is 446 g/mol. The van der Waals surface area contributed by atoms with E-state index in [1.165, 1.54) is 14.0 Å². The number of amides is 3. The molecule has 2 saturated heterocycles. The Morgan fingerprint density at radius 2 is 1.79 bits per heavy atom. The molecule has 0 aromatic rings. The minimum atomic E-state index is -0.901. The fourth-order valence-electron chi connectivity index (χ4n) is 4.00. The molecule has 0 saturated carbocycles. The molecule has 5 atom stereocenters. The van der Waals surface area contributed by atoms with Crippen molar-refractivity contribution in [2.24, 2.45) is 5.92 Å². The molecule has 190 valence electrons. The van der Waals surface area contributed by atoms with Crippen LogP contribution >= 0.6 is 0 Å². The quantitative estimate of drug-likeness (QED) is 0.452. The van der Waals surface area contributed by atoms with E-state index in [1.807, 2.05) is 13.8 Å². The minimum Gasteiger partial charge on any atom is -0.469 e. The number of nitrogens with zero attached hydrogens (tertiary/aromatic N) is 1. The number of nitrogens with one attached hydrogen (secondary N) is 2. The van der Waals surface area contributed by atoms with Crippen LogP contribution in [0.3, 0.4) is 0 Å². The van der Waals surface area contributed by atoms with Gasteiger partial charge in [0.05, 0.1) is 19.6 Å². The lowest BCUT2D eigenvalue weighted by Gasteiger charge is -2.39. The average Bonchev–Trinajstić information content (AvgIpc) is 3.25. The molecular formula is C23H35N3O8. The van der Waals surface area contributed by atoms with Gasteiger partial charge in [-0.3, -0.25) is 19.2 Å². The van der Waals surface area contributed by atoms with Crippen molar-refractivity contribution in [1.29, 1.82) is 0 Å². The summed E-state index contributed by atoms with van der Waals surface area (Å²) < 4.78 is 15.8. The van der Waals surface area contributed by atoms with E-state index in [0.717, 1.165) is 6.42 Å². The fourth-order valence-corrected chi connectivity index (χ4v) is 4.00. The third-order valence-electron chi connectivity index (χ3n) is 5.90. The molecule has 0 bridgehead atoms. The second-order valence-electron chi connectivity index (χ2n) is 8.95. The minimum absolute atomic E-state index is 0.0938. The first-order valence-electron chi connectivity index (χ1n) is 11.5. The van der Waals surface area contributed by atoms with Crippen LogP contribution in [0.1, 0.15) is 53.4 Å². The molecule has 2 heterocycles. The van der Waals surface area contributed by atoms with Gasteiger partial charge in [0.25, 0.3) is 0 Å². The Bertz CT molecular complexity index is 827. The molecule has 34 heavy (non-hydrogen) atoms. The largest absolute Gasteiger partial charge is 0.469 e. The predicted molar refractivity (Wildman–Crippen MR) is 120 cm³/mol. The van der Waals surface area contributed by atoms with Gasteiger partial charge < -0.3 is 29.7 Å². The van der Waals surface area contributed by atoms with Gasteiger partial charge in [-0.25, -0.2) is 4.79 Å². The Labute approximate surface area is 199 Å². The van der Waals surface area contributed by atoms with Gasteiger partial charge in [0.1, 0.15) is 23.9 Å². The van der Waals surface area contributed by atoms with Crippen LogP contribution in [-0.4, -0.2) is 78.5 Å². The highest BCUT2D eigenvalue weighted by Crippen LogP contribution is 2.32. The Hall–Kier alpha value is -2.95. The Morgan fingerprint density at radius 3 is 2.41 bits per heavy atom. The molecule has 0 unspecified atom stereocenters. The SMILES string of the molecule is C=C1OC(=O)[C@H](C(C)C)O[C@H]1[C@@H]1CCCN1C(=O)[C@H](C)NC(=O)[C@H](C)NC(=O)CCC(=O)OC. The summed E-state index contributed by atoms with van der Waals surface area (Å²) in [4.78, 5) is 62.4. The number of hydrogen-bond donors (Lipinski definition) is 2. The number of ether oxygens (including phenoxy) is 3. The summed E-state index contributed by atoms with van der Waals surface area (Å²) in [6, 6.07) is -2.13. The van der Waals surface area contributed by atoms with Crippen LogP contribution in [0.15, 0.2) is 12.3 Å². The van der Waals surface area contributed by atoms with Gasteiger partial charge in [-0.15, -0.1) is 0 Å². The summed E-state index contributed by atoms with van der Waals surface area (Å²) in [5.41, 5.74) is 0. The highest BCUT2D eigenvalue weighted by atomic mass is 16.6. The number of methoxy groups -OCH3 is 1. The van der Waals surface area contributed by atoms with Crippen molar-refractivity contribution in [1.82, 2.24) is 15.5 Å². The van der Waals surface area contributed by atoms with Crippen LogP contribution in [0.25, 0.3) is 0 Å². The Kier molecular flexibility index (Phi) is 9.60. The first-order valence-corrected chi connectivity index (χ1v) is 11.5. The van der Waals surface area contributed by atoms with E-state index in [2.05, 4.69) is 21.9 Å². The number of cyclic esters (lactones) is 1. The predicted octanol–water partition coefficient (Wildman–Crippen LogP) is 0.420. The zero-order chi connectivity index (χ0) is 25.6. The molecule has 0 aromatic heterocycles. The fraction of sp³-hybridized carbons (Fsp3) is 0.696. The van der Waals surface area contributed by atoms with Gasteiger partial charge in [-0.05, 0) is 32.6 Å². The number of likely N-dealkylation sites (tertiary alicyclic amines) is 1. The monoisotopic (exact) mass is 481 g/mol. The standard InChI is InChI=1S/C23H35N3O8/c1-12(2)19-23(31)33-15(5)20(34-19)16-8-7-11-26(16)22(30)14(4)25-21(29)13(3)24-17(27)9-10-18(28)32-6/h12-14,16,19-20H,5,7-11H2,1-4,6H3,(H,24,27)(H,25,29)/t13-,14-,16-,19-,20+/m0/s1. The number of hydrogen-bond acceptors (Lipinski definition) is 8. The lowest BCUT2D eigenvalue weighted by atomic mass is 10.0. The Morgan fingerprint density at radius 1 is 1.12 bits per heavy atom. The molecule has 2 fully saturated rings. The molecule has 2 N–H and O–H groups in total. The van der Waals surface area contributed by atoms with E-state index < -0.39 is 48.0 Å². The topological polar surface area (TPSA) is 140 Å². The summed E-state index contributed by atoms with van der Waals surface area (Å²) in [5, 5.41) is 5.12. The number of esters is 2. The van der Waals surface area contributed by atoms with Crippen LogP contribution < -0.4 is 10.6 Å². The summed E-state index contributed by atoms with van der Waals surface area (Å²) in [7, 11) is 1.23. The van der Waals surface area contributed by atoms with Crippen molar-refractivity contribution in [2.75, 3.05) is 13.7 Å². The summed E-state index contributed by atoms with van der Waals surface area (Å²) in [6.45, 7) is 11.0. The molecule has 11 heteroatoms. The van der Waals surface area contributed by atoms with E-state index in [4.69, 9.17) is 9.47 Å². The van der Waals surface area contributed by atoms with Crippen molar-refractivity contribution >= 4 is 29.7 Å². The molecule has 0 aromatic carbocycles. The highest BCUT2D eigenvalue weighted by molar-refractivity contribution is 5.92. The molecule has 11 nitrogen and oxygen atoms in total. The molecule has 3 amide bonds. The van der Waals surface area contributed by atoms with Crippen molar-refractivity contribution in [3.63, 3.8) is 0 Å². The molecule has 2 aliphatic rings. The van der Waals surface area contributed by atoms with E-state index in [0.29, 0.717) is 13.0 Å². The third kappa shape index (κ3) is 6.78. The summed E-state index contributed by atoms with van der Waals surface area (Å²) >= 11 is 0. The van der Waals surface area contributed by atoms with Gasteiger partial charge in [0.2, 0.25) is 17.7 Å². The average molecular weight is 482 g/mol. The zero-order valence-corrected chi connectivity index (χ0v) is 20.4. The first kappa shape index (κ1) is 27.3. The van der Waals surface area contributed by atoms with Crippen molar-refractivity contribution < 1.29 is 38.2 Å². The molecule has 2 rings (SSSR count). The smallest absolute Gasteiger partial charge is 0.340 e. The normalized spacial score (nSPS) is 24.3. The summed E-state index contributed by atoms with van der Waals surface area (Å²) in [6.07, 6.45) is -0.214. The van der Waals surface area contributed by atoms with Crippen LogP contribution in [0.4, 0.5) is 0 Å². The van der Waals surface area contributed by atoms with E-state index in [-0.39, 0.29) is 36.5 Å². The van der Waals surface area contributed by atoms with Crippen molar-refractivity contribution in [2.45, 2.75) is 83.7 Å². The zero-order valence-electron chi connectivity index (χ0n) is 20.4. The van der Waals surface area contributed by atoms with E-state index >= 15 is 0 Å². The van der Waals surface area contributed by atoms with Crippen molar-refractivity contribution in [3.8, 4) is 0 Å². The lowest BCUT2D eigenvalue weighted by molar-refractivity contribution is -0.181. The van der Waals surface area contributed by atoms with Crippen LogP contribution in [0.2, 0.25) is 0 Å². The lowest BCUT2D eigenvalue weighted by Crippen LogP contribution is -2.56. The van der Waals surface area contributed by atoms with Crippen LogP contribution in [-0.2, 0) is 38.2 Å². The maximum Gasteiger partial charge on any atom is 0.340 e. The summed E-state index contributed by atoms with van der Waals surface area (Å²) in [5.74, 6) is -2.26. The maximum atomic E-state index is 13.2. The van der Waals surface area contributed by atoms with Crippen molar-refractivity contribution in [3.05, 3.63) is 12.3 Å². The van der Waals surface area contributed by atoms with E-state index in [1.54, 1.807) is 11.8 Å². The molecule has 2 aliphatic heterocycles. The van der Waals surface area contributed by atoms with Gasteiger partial charge in [-0.2, -0.15) is 0 Å². The van der Waals surface area contributed by atoms with Gasteiger partial charge in [0.15, 0.2) is 6.10 Å². The molecule has 0 spiro atoms. The van der Waals surface area contributed by atoms with Gasteiger partial charge in [-0.1, -0.05) is 20.4 Å². The first-order chi connectivity index (χ1) is 16.0. The molecule has 0 radical (unpaired) electrons. The Balaban J connectivity index is 1.95. The van der Waals surface area contributed by atoms with Crippen LogP contribution in [0, 0.1) is 5.92 Å². The van der Waals surface area contributed by atoms with Gasteiger partial charge in [0, 0.05) is 13.0 Å². The van der Waals surface area contributed by atoms with E-state index in [9.17, 15) is 24.0 Å². The maximum absolute atomic E-state index is 13.2. The van der Waals surface area contributed by atoms with Gasteiger partial charge >= 0.3 is 11.9 Å². The van der Waals surface area contributed by atoms with Crippen LogP contribution in [0.5, 0.6) is 0 Å². The third-order valence-corrected chi connectivity index (χ3v) is 5.90. The highest BCUT2D eigenvalue weighted by Gasteiger charge is 2.45.